The molecule has 4 aromatic rings. The number of carbonyl (C=O) groups is 2. The number of aromatic nitrogens is 2. The molecule has 0 radical (unpaired) electrons. The van der Waals surface area contributed by atoms with E-state index in [1.165, 1.54) is 19.4 Å². The van der Waals surface area contributed by atoms with Gasteiger partial charge in [-0.25, -0.2) is 9.37 Å². The average molecular weight is 725 g/mol. The fourth-order valence-electron chi connectivity index (χ4n) is 6.70. The zero-order chi connectivity index (χ0) is 37.8. The standard InChI is InChI=1S/C40H49FN8O4/c1-25(2)47-17-19-48(20-18-47)39(51)29-11-14-34(35(21-29)52-7)53-38-31(37(50)44-36-26(3)9-8-10-27(36)4)23-42-40(45-38)43-30-12-13-33(32(41)22-30)49-16-15-46(6)28(5)24-49/h8-14,21-23,25,28H,15-20,24H2,1-7H3,(H,44,50)(H,42,43,45). The number of benzene rings is 3. The minimum Gasteiger partial charge on any atom is -0.493 e. The van der Waals surface area contributed by atoms with Gasteiger partial charge < -0.3 is 34.8 Å². The van der Waals surface area contributed by atoms with E-state index >= 15 is 4.39 Å². The Labute approximate surface area is 310 Å². The summed E-state index contributed by atoms with van der Waals surface area (Å²) in [6.45, 7) is 15.5. The van der Waals surface area contributed by atoms with Crippen LogP contribution in [0.3, 0.4) is 0 Å². The summed E-state index contributed by atoms with van der Waals surface area (Å²) in [6, 6.07) is 16.3. The summed E-state index contributed by atoms with van der Waals surface area (Å²) in [4.78, 5) is 44.7. The Morgan fingerprint density at radius 2 is 1.68 bits per heavy atom. The zero-order valence-electron chi connectivity index (χ0n) is 31.6. The summed E-state index contributed by atoms with van der Waals surface area (Å²) in [5.41, 5.74) is 3.95. The summed E-state index contributed by atoms with van der Waals surface area (Å²) >= 11 is 0. The molecule has 0 spiro atoms. The highest BCUT2D eigenvalue weighted by Gasteiger charge is 2.26. The molecule has 2 saturated heterocycles. The monoisotopic (exact) mass is 724 g/mol. The number of amides is 2. The highest BCUT2D eigenvalue weighted by atomic mass is 19.1. The van der Waals surface area contributed by atoms with E-state index in [1.54, 1.807) is 30.3 Å². The molecule has 3 aromatic carbocycles. The highest BCUT2D eigenvalue weighted by molar-refractivity contribution is 6.06. The van der Waals surface area contributed by atoms with Crippen molar-refractivity contribution >= 4 is 34.8 Å². The van der Waals surface area contributed by atoms with Crippen LogP contribution < -0.4 is 25.0 Å². The molecule has 1 unspecified atom stereocenters. The Bertz CT molecular complexity index is 1950. The molecule has 1 atom stereocenters. The van der Waals surface area contributed by atoms with E-state index in [0.29, 0.717) is 53.5 Å². The fraction of sp³-hybridized carbons (Fsp3) is 0.400. The number of aryl methyl sites for hydroxylation is 2. The zero-order valence-corrected chi connectivity index (χ0v) is 31.6. The van der Waals surface area contributed by atoms with Crippen molar-refractivity contribution in [2.45, 2.75) is 46.7 Å². The second-order valence-electron chi connectivity index (χ2n) is 14.1. The van der Waals surface area contributed by atoms with Gasteiger partial charge in [0.25, 0.3) is 11.8 Å². The van der Waals surface area contributed by atoms with E-state index in [-0.39, 0.29) is 34.9 Å². The van der Waals surface area contributed by atoms with Crippen LogP contribution in [0.25, 0.3) is 0 Å². The molecule has 280 valence electrons. The Balaban J connectivity index is 1.27. The molecule has 6 rings (SSSR count). The van der Waals surface area contributed by atoms with Gasteiger partial charge in [-0.3, -0.25) is 14.5 Å². The first-order valence-electron chi connectivity index (χ1n) is 18.1. The maximum absolute atomic E-state index is 15.5. The molecule has 2 amide bonds. The number of rotatable bonds is 10. The molecule has 2 aliphatic rings. The van der Waals surface area contributed by atoms with Gasteiger partial charge >= 0.3 is 0 Å². The van der Waals surface area contributed by atoms with Gasteiger partial charge in [0.1, 0.15) is 11.4 Å². The molecule has 12 nitrogen and oxygen atoms in total. The third-order valence-electron chi connectivity index (χ3n) is 10.2. The number of nitrogens with one attached hydrogen (secondary N) is 2. The lowest BCUT2D eigenvalue weighted by Crippen LogP contribution is -2.50. The largest absolute Gasteiger partial charge is 0.493 e. The van der Waals surface area contributed by atoms with Crippen LogP contribution in [0.4, 0.5) is 27.4 Å². The van der Waals surface area contributed by atoms with Gasteiger partial charge in [-0.2, -0.15) is 4.98 Å². The molecule has 3 heterocycles. The number of carbonyl (C=O) groups excluding carboxylic acids is 2. The second kappa shape index (κ2) is 16.2. The molecule has 53 heavy (non-hydrogen) atoms. The molecule has 13 heteroatoms. The number of likely N-dealkylation sites (N-methyl/N-ethyl adjacent to an activating group) is 1. The Hall–Kier alpha value is -5.27. The van der Waals surface area contributed by atoms with E-state index in [0.717, 1.165) is 43.9 Å². The Kier molecular flexibility index (Phi) is 11.4. The van der Waals surface area contributed by atoms with Gasteiger partial charge in [-0.05, 0) is 89.2 Å². The smallest absolute Gasteiger partial charge is 0.262 e. The van der Waals surface area contributed by atoms with Crippen molar-refractivity contribution in [1.29, 1.82) is 0 Å². The number of ether oxygens (including phenoxy) is 2. The minimum atomic E-state index is -0.480. The number of nitrogens with zero attached hydrogens (tertiary/aromatic N) is 6. The SMILES string of the molecule is COc1cc(C(=O)N2CCN(C(C)C)CC2)ccc1Oc1nc(Nc2ccc(N3CCN(C)C(C)C3)c(F)c2)ncc1C(=O)Nc1c(C)cccc1C. The summed E-state index contributed by atoms with van der Waals surface area (Å²) in [6.07, 6.45) is 1.37. The second-order valence-corrected chi connectivity index (χ2v) is 14.1. The van der Waals surface area contributed by atoms with Gasteiger partial charge in [-0.1, -0.05) is 18.2 Å². The van der Waals surface area contributed by atoms with Crippen molar-refractivity contribution in [2.24, 2.45) is 0 Å². The van der Waals surface area contributed by atoms with Crippen LogP contribution in [0, 0.1) is 19.7 Å². The number of anilines is 4. The van der Waals surface area contributed by atoms with Crippen molar-refractivity contribution in [1.82, 2.24) is 24.7 Å². The first kappa shape index (κ1) is 37.5. The molecule has 1 aromatic heterocycles. The summed E-state index contributed by atoms with van der Waals surface area (Å²) in [5.74, 6) is -0.368. The quantitative estimate of drug-likeness (QED) is 0.192. The third kappa shape index (κ3) is 8.52. The van der Waals surface area contributed by atoms with Crippen LogP contribution in [0.5, 0.6) is 17.4 Å². The van der Waals surface area contributed by atoms with Gasteiger partial charge in [-0.15, -0.1) is 0 Å². The number of methoxy groups -OCH3 is 1. The first-order valence-corrected chi connectivity index (χ1v) is 18.1. The third-order valence-corrected chi connectivity index (χ3v) is 10.2. The topological polar surface area (TPSA) is 115 Å². The molecule has 0 saturated carbocycles. The van der Waals surface area contributed by atoms with Gasteiger partial charge in [0.05, 0.1) is 12.8 Å². The highest BCUT2D eigenvalue weighted by Crippen LogP contribution is 2.35. The Morgan fingerprint density at radius 3 is 2.34 bits per heavy atom. The lowest BCUT2D eigenvalue weighted by atomic mass is 10.1. The number of hydrogen-bond donors (Lipinski definition) is 2. The number of para-hydroxylation sites is 1. The predicted octanol–water partition coefficient (Wildman–Crippen LogP) is 6.34. The number of halogens is 1. The van der Waals surface area contributed by atoms with Gasteiger partial charge in [0.15, 0.2) is 11.5 Å². The first-order chi connectivity index (χ1) is 25.4. The molecular weight excluding hydrogens is 675 g/mol. The molecule has 2 aliphatic heterocycles. The number of piperazine rings is 2. The van der Waals surface area contributed by atoms with Crippen molar-refractivity contribution in [2.75, 3.05) is 75.5 Å². The van der Waals surface area contributed by atoms with E-state index in [1.807, 2.05) is 36.9 Å². The van der Waals surface area contributed by atoms with Gasteiger partial charge in [0.2, 0.25) is 11.8 Å². The molecule has 0 aliphatic carbocycles. The molecule has 2 fully saturated rings. The van der Waals surface area contributed by atoms with Crippen molar-refractivity contribution < 1.29 is 23.5 Å². The van der Waals surface area contributed by atoms with Crippen LogP contribution in [-0.4, -0.2) is 109 Å². The Morgan fingerprint density at radius 1 is 0.943 bits per heavy atom. The van der Waals surface area contributed by atoms with E-state index in [4.69, 9.17) is 9.47 Å². The van der Waals surface area contributed by atoms with E-state index in [2.05, 4.69) is 63.1 Å². The van der Waals surface area contributed by atoms with Crippen molar-refractivity contribution in [3.05, 3.63) is 88.9 Å². The van der Waals surface area contributed by atoms with Crippen LogP contribution in [0.15, 0.2) is 60.8 Å². The lowest BCUT2D eigenvalue weighted by Gasteiger charge is -2.39. The molecular formula is C40H49FN8O4. The minimum absolute atomic E-state index is 0.0584. The maximum Gasteiger partial charge on any atom is 0.262 e. The van der Waals surface area contributed by atoms with Crippen molar-refractivity contribution in [3.63, 3.8) is 0 Å². The van der Waals surface area contributed by atoms with Crippen LogP contribution in [0.2, 0.25) is 0 Å². The normalized spacial score (nSPS) is 16.8. The van der Waals surface area contributed by atoms with E-state index in [9.17, 15) is 9.59 Å². The fourth-order valence-corrected chi connectivity index (χ4v) is 6.70. The van der Waals surface area contributed by atoms with Crippen LogP contribution in [-0.2, 0) is 0 Å². The average Bonchev–Trinajstić information content (AvgIpc) is 3.14. The van der Waals surface area contributed by atoms with Gasteiger partial charge in [0, 0.05) is 81.0 Å². The summed E-state index contributed by atoms with van der Waals surface area (Å²) in [5, 5.41) is 6.04. The summed E-state index contributed by atoms with van der Waals surface area (Å²) in [7, 11) is 3.56. The van der Waals surface area contributed by atoms with Crippen LogP contribution in [0.1, 0.15) is 52.6 Å². The summed E-state index contributed by atoms with van der Waals surface area (Å²) < 4.78 is 27.4. The molecule has 0 bridgehead atoms. The van der Waals surface area contributed by atoms with E-state index < -0.39 is 5.91 Å². The van der Waals surface area contributed by atoms with Crippen molar-refractivity contribution in [3.8, 4) is 17.4 Å². The lowest BCUT2D eigenvalue weighted by molar-refractivity contribution is 0.0595. The number of hydrogen-bond acceptors (Lipinski definition) is 10. The van der Waals surface area contributed by atoms with Crippen LogP contribution >= 0.6 is 0 Å². The molecule has 2 N–H and O–H groups in total. The predicted molar refractivity (Wildman–Crippen MR) is 206 cm³/mol. The maximum atomic E-state index is 15.5.